The Labute approximate surface area is 165 Å². The fourth-order valence-corrected chi connectivity index (χ4v) is 3.64. The topological polar surface area (TPSA) is 58.4 Å². The number of fused-ring (bicyclic) bond motifs is 1. The SMILES string of the molecule is O=C(CN1CCCC(c2nc3ccccc3o2)C1)Nc1cccc(C(F)(F)F)c1. The number of piperidine rings is 1. The lowest BCUT2D eigenvalue weighted by atomic mass is 9.98. The number of oxazole rings is 1. The summed E-state index contributed by atoms with van der Waals surface area (Å²) >= 11 is 0. The molecule has 29 heavy (non-hydrogen) atoms. The third-order valence-electron chi connectivity index (χ3n) is 5.01. The van der Waals surface area contributed by atoms with E-state index < -0.39 is 11.7 Å². The fraction of sp³-hybridized carbons (Fsp3) is 0.333. The van der Waals surface area contributed by atoms with Crippen molar-refractivity contribution in [2.75, 3.05) is 25.0 Å². The second kappa shape index (κ2) is 7.87. The predicted molar refractivity (Wildman–Crippen MR) is 102 cm³/mol. The average molecular weight is 403 g/mol. The van der Waals surface area contributed by atoms with Crippen molar-refractivity contribution in [2.24, 2.45) is 0 Å². The first-order valence-corrected chi connectivity index (χ1v) is 9.43. The minimum Gasteiger partial charge on any atom is -0.440 e. The molecule has 2 heterocycles. The van der Waals surface area contributed by atoms with E-state index in [9.17, 15) is 18.0 Å². The number of anilines is 1. The normalized spacial score (nSPS) is 18.1. The first kappa shape index (κ1) is 19.4. The van der Waals surface area contributed by atoms with Crippen LogP contribution in [0.2, 0.25) is 0 Å². The fourth-order valence-electron chi connectivity index (χ4n) is 3.64. The Balaban J connectivity index is 1.38. The molecule has 1 aliphatic heterocycles. The minimum atomic E-state index is -4.44. The van der Waals surface area contributed by atoms with Gasteiger partial charge in [0, 0.05) is 18.2 Å². The molecule has 0 radical (unpaired) electrons. The van der Waals surface area contributed by atoms with Gasteiger partial charge in [-0.3, -0.25) is 9.69 Å². The van der Waals surface area contributed by atoms with Crippen LogP contribution in [0.4, 0.5) is 18.9 Å². The van der Waals surface area contributed by atoms with Crippen LogP contribution in [-0.2, 0) is 11.0 Å². The van der Waals surface area contributed by atoms with E-state index in [4.69, 9.17) is 4.42 Å². The lowest BCUT2D eigenvalue weighted by Crippen LogP contribution is -2.39. The maximum atomic E-state index is 12.8. The van der Waals surface area contributed by atoms with Gasteiger partial charge in [-0.1, -0.05) is 18.2 Å². The van der Waals surface area contributed by atoms with Crippen molar-refractivity contribution >= 4 is 22.7 Å². The van der Waals surface area contributed by atoms with E-state index in [1.807, 2.05) is 29.2 Å². The summed E-state index contributed by atoms with van der Waals surface area (Å²) in [7, 11) is 0. The summed E-state index contributed by atoms with van der Waals surface area (Å²) in [5.41, 5.74) is 0.894. The van der Waals surface area contributed by atoms with E-state index >= 15 is 0 Å². The number of nitrogens with zero attached hydrogens (tertiary/aromatic N) is 2. The molecule has 4 rings (SSSR count). The van der Waals surface area contributed by atoms with Crippen LogP contribution in [0.5, 0.6) is 0 Å². The van der Waals surface area contributed by atoms with E-state index in [0.717, 1.165) is 42.6 Å². The Morgan fingerprint density at radius 1 is 1.21 bits per heavy atom. The zero-order valence-electron chi connectivity index (χ0n) is 15.6. The van der Waals surface area contributed by atoms with Crippen LogP contribution in [0, 0.1) is 0 Å². The van der Waals surface area contributed by atoms with Gasteiger partial charge in [-0.15, -0.1) is 0 Å². The third kappa shape index (κ3) is 4.59. The molecule has 3 aromatic rings. The second-order valence-electron chi connectivity index (χ2n) is 7.22. The molecule has 8 heteroatoms. The molecule has 5 nitrogen and oxygen atoms in total. The number of alkyl halides is 3. The molecular weight excluding hydrogens is 383 g/mol. The van der Waals surface area contributed by atoms with Gasteiger partial charge < -0.3 is 9.73 Å². The monoisotopic (exact) mass is 403 g/mol. The molecule has 1 aromatic heterocycles. The molecule has 0 spiro atoms. The van der Waals surface area contributed by atoms with Crippen molar-refractivity contribution in [1.29, 1.82) is 0 Å². The highest BCUT2D eigenvalue weighted by molar-refractivity contribution is 5.92. The van der Waals surface area contributed by atoms with E-state index in [1.54, 1.807) is 0 Å². The van der Waals surface area contributed by atoms with Gasteiger partial charge in [-0.05, 0) is 49.7 Å². The van der Waals surface area contributed by atoms with Crippen molar-refractivity contribution in [1.82, 2.24) is 9.88 Å². The van der Waals surface area contributed by atoms with Gasteiger partial charge >= 0.3 is 6.18 Å². The summed E-state index contributed by atoms with van der Waals surface area (Å²) in [5, 5.41) is 2.56. The molecule has 0 bridgehead atoms. The van der Waals surface area contributed by atoms with Gasteiger partial charge in [0.25, 0.3) is 0 Å². The number of rotatable bonds is 4. The lowest BCUT2D eigenvalue weighted by molar-refractivity contribution is -0.137. The Bertz CT molecular complexity index is 983. The number of nitrogens with one attached hydrogen (secondary N) is 1. The number of para-hydroxylation sites is 2. The summed E-state index contributed by atoms with van der Waals surface area (Å²) < 4.78 is 44.3. The quantitative estimate of drug-likeness (QED) is 0.688. The second-order valence-corrected chi connectivity index (χ2v) is 7.22. The first-order chi connectivity index (χ1) is 13.9. The van der Waals surface area contributed by atoms with Gasteiger partial charge in [0.15, 0.2) is 11.5 Å². The molecular formula is C21H20F3N3O2. The molecule has 1 saturated heterocycles. The highest BCUT2D eigenvalue weighted by atomic mass is 19.4. The largest absolute Gasteiger partial charge is 0.440 e. The molecule has 0 aliphatic carbocycles. The van der Waals surface area contributed by atoms with Crippen molar-refractivity contribution in [2.45, 2.75) is 24.9 Å². The minimum absolute atomic E-state index is 0.0810. The van der Waals surface area contributed by atoms with Gasteiger partial charge in [0.2, 0.25) is 5.91 Å². The van der Waals surface area contributed by atoms with Crippen molar-refractivity contribution in [3.05, 3.63) is 60.0 Å². The number of hydrogen-bond acceptors (Lipinski definition) is 4. The standard InChI is InChI=1S/C21H20F3N3O2/c22-21(23,24)15-6-3-7-16(11-15)25-19(28)13-27-10-4-5-14(12-27)20-26-17-8-1-2-9-18(17)29-20/h1-3,6-9,11,14H,4-5,10,12-13H2,(H,25,28). The van der Waals surface area contributed by atoms with E-state index in [0.29, 0.717) is 12.4 Å². The van der Waals surface area contributed by atoms with E-state index in [-0.39, 0.29) is 24.1 Å². The van der Waals surface area contributed by atoms with Crippen LogP contribution < -0.4 is 5.32 Å². The summed E-state index contributed by atoms with van der Waals surface area (Å²) in [5.74, 6) is 0.397. The van der Waals surface area contributed by atoms with Crippen LogP contribution in [0.25, 0.3) is 11.1 Å². The van der Waals surface area contributed by atoms with Gasteiger partial charge in [-0.25, -0.2) is 4.98 Å². The average Bonchev–Trinajstić information content (AvgIpc) is 3.12. The Kier molecular flexibility index (Phi) is 5.27. The number of amides is 1. The number of carbonyl (C=O) groups is 1. The van der Waals surface area contributed by atoms with Crippen LogP contribution in [0.3, 0.4) is 0 Å². The van der Waals surface area contributed by atoms with E-state index in [2.05, 4.69) is 10.3 Å². The van der Waals surface area contributed by atoms with Gasteiger partial charge in [0.05, 0.1) is 12.1 Å². The maximum absolute atomic E-state index is 12.8. The summed E-state index contributed by atoms with van der Waals surface area (Å²) in [6.45, 7) is 1.46. The number of benzene rings is 2. The first-order valence-electron chi connectivity index (χ1n) is 9.43. The molecule has 1 fully saturated rings. The summed E-state index contributed by atoms with van der Waals surface area (Å²) in [4.78, 5) is 18.9. The van der Waals surface area contributed by atoms with Crippen molar-refractivity contribution in [3.63, 3.8) is 0 Å². The molecule has 1 unspecified atom stereocenters. The number of carbonyl (C=O) groups excluding carboxylic acids is 1. The molecule has 2 aromatic carbocycles. The summed E-state index contributed by atoms with van der Waals surface area (Å²) in [6, 6.07) is 12.2. The van der Waals surface area contributed by atoms with Crippen LogP contribution in [0.15, 0.2) is 52.9 Å². The highest BCUT2D eigenvalue weighted by Crippen LogP contribution is 2.31. The summed E-state index contributed by atoms with van der Waals surface area (Å²) in [6.07, 6.45) is -2.64. The zero-order valence-corrected chi connectivity index (χ0v) is 15.6. The molecule has 0 saturated carbocycles. The lowest BCUT2D eigenvalue weighted by Gasteiger charge is -2.30. The van der Waals surface area contributed by atoms with Crippen LogP contribution >= 0.6 is 0 Å². The van der Waals surface area contributed by atoms with Crippen LogP contribution in [-0.4, -0.2) is 35.4 Å². The number of halogens is 3. The maximum Gasteiger partial charge on any atom is 0.416 e. The van der Waals surface area contributed by atoms with Crippen molar-refractivity contribution < 1.29 is 22.4 Å². The predicted octanol–water partition coefficient (Wildman–Crippen LogP) is 4.66. The van der Waals surface area contributed by atoms with Crippen LogP contribution in [0.1, 0.15) is 30.2 Å². The number of aromatic nitrogens is 1. The molecule has 152 valence electrons. The molecule has 1 atom stereocenters. The molecule has 1 amide bonds. The Hall–Kier alpha value is -2.87. The third-order valence-corrected chi connectivity index (χ3v) is 5.01. The molecule has 1 N–H and O–H groups in total. The zero-order chi connectivity index (χ0) is 20.4. The molecule has 1 aliphatic rings. The van der Waals surface area contributed by atoms with Crippen molar-refractivity contribution in [3.8, 4) is 0 Å². The Morgan fingerprint density at radius 2 is 2.03 bits per heavy atom. The number of hydrogen-bond donors (Lipinski definition) is 1. The van der Waals surface area contributed by atoms with E-state index in [1.165, 1.54) is 12.1 Å². The Morgan fingerprint density at radius 3 is 2.83 bits per heavy atom. The van der Waals surface area contributed by atoms with Gasteiger partial charge in [-0.2, -0.15) is 13.2 Å². The van der Waals surface area contributed by atoms with Gasteiger partial charge in [0.1, 0.15) is 5.52 Å². The smallest absolute Gasteiger partial charge is 0.416 e. The highest BCUT2D eigenvalue weighted by Gasteiger charge is 2.31. The number of likely N-dealkylation sites (tertiary alicyclic amines) is 1.